The molecule has 0 spiro atoms. The number of hydrogen-bond donors (Lipinski definition) is 1. The van der Waals surface area contributed by atoms with Crippen LogP contribution in [0.3, 0.4) is 0 Å². The Morgan fingerprint density at radius 3 is 2.18 bits per heavy atom. The Bertz CT molecular complexity index is 1450. The molecule has 204 valence electrons. The van der Waals surface area contributed by atoms with Crippen LogP contribution in [0.2, 0.25) is 0 Å². The zero-order valence-corrected chi connectivity index (χ0v) is 22.7. The van der Waals surface area contributed by atoms with E-state index in [1.807, 2.05) is 56.3 Å². The number of ether oxygens (including phenoxy) is 5. The van der Waals surface area contributed by atoms with Crippen LogP contribution >= 0.6 is 0 Å². The number of anilines is 1. The molecule has 0 atom stereocenters. The summed E-state index contributed by atoms with van der Waals surface area (Å²) in [5.41, 5.74) is 2.86. The molecule has 9 nitrogen and oxygen atoms in total. The number of hydrogen-bond acceptors (Lipinski definition) is 7. The smallest absolute Gasteiger partial charge is 0.411 e. The highest BCUT2D eigenvalue weighted by molar-refractivity contribution is 5.89. The number of rotatable bonds is 11. The van der Waals surface area contributed by atoms with Crippen LogP contribution in [0.25, 0.3) is 10.9 Å². The van der Waals surface area contributed by atoms with Gasteiger partial charge >= 0.3 is 6.09 Å². The van der Waals surface area contributed by atoms with Crippen LogP contribution in [0.4, 0.5) is 10.5 Å². The summed E-state index contributed by atoms with van der Waals surface area (Å²) in [6, 6.07) is 16.4. The Balaban J connectivity index is 1.50. The lowest BCUT2D eigenvalue weighted by atomic mass is 10.1. The molecular weight excluding hydrogens is 500 g/mol. The van der Waals surface area contributed by atoms with Crippen molar-refractivity contribution in [2.45, 2.75) is 20.3 Å². The van der Waals surface area contributed by atoms with Crippen LogP contribution < -0.4 is 28.6 Å². The molecule has 0 saturated carbocycles. The Morgan fingerprint density at radius 1 is 0.821 bits per heavy atom. The van der Waals surface area contributed by atoms with Crippen LogP contribution in [0.1, 0.15) is 17.5 Å². The summed E-state index contributed by atoms with van der Waals surface area (Å²) < 4.78 is 28.1. The van der Waals surface area contributed by atoms with Crippen LogP contribution in [-0.4, -0.2) is 50.7 Å². The number of benzene rings is 3. The first-order valence-electron chi connectivity index (χ1n) is 12.4. The van der Waals surface area contributed by atoms with Crippen LogP contribution in [0.15, 0.2) is 60.8 Å². The van der Waals surface area contributed by atoms with Crippen molar-refractivity contribution >= 4 is 22.7 Å². The number of pyridine rings is 1. The van der Waals surface area contributed by atoms with Crippen molar-refractivity contribution in [2.75, 3.05) is 39.4 Å². The largest absolute Gasteiger partial charge is 0.497 e. The fraction of sp³-hybridized carbons (Fsp3) is 0.267. The maximum atomic E-state index is 12.1. The molecule has 3 aromatic carbocycles. The molecule has 0 unspecified atom stereocenters. The number of aromatic nitrogens is 1. The Hall–Kier alpha value is -4.66. The molecule has 1 N–H and O–H groups in total. The lowest BCUT2D eigenvalue weighted by molar-refractivity contribution is 0.201. The van der Waals surface area contributed by atoms with Gasteiger partial charge in [-0.25, -0.2) is 4.79 Å². The van der Waals surface area contributed by atoms with E-state index in [0.29, 0.717) is 53.0 Å². The van der Waals surface area contributed by atoms with Crippen molar-refractivity contribution in [1.29, 1.82) is 0 Å². The minimum absolute atomic E-state index is 0.280. The molecule has 4 rings (SSSR count). The molecule has 1 heterocycles. The van der Waals surface area contributed by atoms with Crippen molar-refractivity contribution in [3.05, 3.63) is 71.9 Å². The molecule has 0 aliphatic heterocycles. The Kier molecular flexibility index (Phi) is 8.60. The van der Waals surface area contributed by atoms with Crippen LogP contribution in [0.5, 0.6) is 34.5 Å². The van der Waals surface area contributed by atoms with Gasteiger partial charge in [-0.05, 0) is 79.9 Å². The molecule has 4 aromatic rings. The predicted molar refractivity (Wildman–Crippen MR) is 149 cm³/mol. The van der Waals surface area contributed by atoms with Gasteiger partial charge in [-0.1, -0.05) is 0 Å². The minimum atomic E-state index is -1.03. The van der Waals surface area contributed by atoms with E-state index in [2.05, 4.69) is 4.98 Å². The van der Waals surface area contributed by atoms with Gasteiger partial charge in [0.1, 0.15) is 23.0 Å². The van der Waals surface area contributed by atoms with E-state index in [1.54, 1.807) is 39.7 Å². The molecule has 0 saturated heterocycles. The first-order chi connectivity index (χ1) is 18.8. The van der Waals surface area contributed by atoms with Crippen molar-refractivity contribution in [3.63, 3.8) is 0 Å². The van der Waals surface area contributed by atoms with Gasteiger partial charge in [0.05, 0.1) is 39.1 Å². The third-order valence-electron chi connectivity index (χ3n) is 6.30. The monoisotopic (exact) mass is 532 g/mol. The predicted octanol–water partition coefficient (Wildman–Crippen LogP) is 6.62. The zero-order chi connectivity index (χ0) is 27.9. The SMILES string of the molecule is COc1ccc(OCCCN(C(=O)O)c2cc(C)c(Oc3ccnc4cc(OC)c(OC)cc34)cc2C)cc1. The van der Waals surface area contributed by atoms with Crippen LogP contribution in [-0.2, 0) is 0 Å². The normalized spacial score (nSPS) is 10.7. The highest BCUT2D eigenvalue weighted by Crippen LogP contribution is 2.38. The van der Waals surface area contributed by atoms with Crippen molar-refractivity contribution in [3.8, 4) is 34.5 Å². The van der Waals surface area contributed by atoms with Gasteiger partial charge in [0.25, 0.3) is 0 Å². The second-order valence-corrected chi connectivity index (χ2v) is 8.85. The number of carboxylic acid groups (broad SMARTS) is 1. The summed E-state index contributed by atoms with van der Waals surface area (Å²) in [7, 11) is 4.76. The van der Waals surface area contributed by atoms with Crippen LogP contribution in [0, 0.1) is 13.8 Å². The number of amides is 1. The highest BCUT2D eigenvalue weighted by atomic mass is 16.5. The zero-order valence-electron chi connectivity index (χ0n) is 22.7. The van der Waals surface area contributed by atoms with E-state index >= 15 is 0 Å². The number of carbonyl (C=O) groups is 1. The van der Waals surface area contributed by atoms with Gasteiger partial charge in [-0.3, -0.25) is 9.88 Å². The fourth-order valence-electron chi connectivity index (χ4n) is 4.23. The Labute approximate surface area is 227 Å². The second kappa shape index (κ2) is 12.3. The summed E-state index contributed by atoms with van der Waals surface area (Å²) in [6.45, 7) is 4.41. The summed E-state index contributed by atoms with van der Waals surface area (Å²) in [4.78, 5) is 17.9. The average Bonchev–Trinajstić information content (AvgIpc) is 2.94. The third-order valence-corrected chi connectivity index (χ3v) is 6.30. The number of nitrogens with zero attached hydrogens (tertiary/aromatic N) is 2. The molecule has 1 aromatic heterocycles. The summed E-state index contributed by atoms with van der Waals surface area (Å²) in [6.07, 6.45) is 1.15. The topological polar surface area (TPSA) is 99.6 Å². The second-order valence-electron chi connectivity index (χ2n) is 8.85. The molecule has 0 fully saturated rings. The molecule has 0 aliphatic rings. The lowest BCUT2D eigenvalue weighted by Gasteiger charge is -2.23. The number of methoxy groups -OCH3 is 3. The average molecular weight is 533 g/mol. The van der Waals surface area contributed by atoms with Crippen molar-refractivity contribution < 1.29 is 33.6 Å². The summed E-state index contributed by atoms with van der Waals surface area (Å²) >= 11 is 0. The molecular formula is C30H32N2O7. The van der Waals surface area contributed by atoms with Gasteiger partial charge in [-0.15, -0.1) is 0 Å². The molecule has 0 bridgehead atoms. The maximum absolute atomic E-state index is 12.1. The molecule has 1 amide bonds. The summed E-state index contributed by atoms with van der Waals surface area (Å²) in [5.74, 6) is 3.81. The molecule has 39 heavy (non-hydrogen) atoms. The first-order valence-corrected chi connectivity index (χ1v) is 12.4. The quantitative estimate of drug-likeness (QED) is 0.215. The van der Waals surface area contributed by atoms with Gasteiger partial charge in [-0.2, -0.15) is 0 Å². The van der Waals surface area contributed by atoms with Gasteiger partial charge in [0.2, 0.25) is 0 Å². The van der Waals surface area contributed by atoms with Gasteiger partial charge < -0.3 is 28.8 Å². The van der Waals surface area contributed by atoms with E-state index < -0.39 is 6.09 Å². The van der Waals surface area contributed by atoms with Crippen molar-refractivity contribution in [2.24, 2.45) is 0 Å². The van der Waals surface area contributed by atoms with Gasteiger partial charge in [0.15, 0.2) is 11.5 Å². The third kappa shape index (κ3) is 6.26. The highest BCUT2D eigenvalue weighted by Gasteiger charge is 2.19. The van der Waals surface area contributed by atoms with E-state index in [9.17, 15) is 9.90 Å². The Morgan fingerprint density at radius 2 is 1.51 bits per heavy atom. The molecule has 9 heteroatoms. The van der Waals surface area contributed by atoms with E-state index in [-0.39, 0.29) is 6.54 Å². The standard InChI is InChI=1S/C30H32N2O7/c1-19-16-27(39-26-11-12-31-24-18-29(37-5)28(36-4)17-23(24)26)20(2)15-25(19)32(30(33)34)13-6-14-38-22-9-7-21(35-3)8-10-22/h7-12,15-18H,6,13-14H2,1-5H3,(H,33,34). The van der Waals surface area contributed by atoms with Gasteiger partial charge in [0, 0.05) is 24.2 Å². The molecule has 0 aliphatic carbocycles. The number of aryl methyl sites for hydroxylation is 2. The lowest BCUT2D eigenvalue weighted by Crippen LogP contribution is -2.31. The number of fused-ring (bicyclic) bond motifs is 1. The maximum Gasteiger partial charge on any atom is 0.411 e. The summed E-state index contributed by atoms with van der Waals surface area (Å²) in [5, 5.41) is 10.7. The van der Waals surface area contributed by atoms with Crippen molar-refractivity contribution in [1.82, 2.24) is 4.98 Å². The van der Waals surface area contributed by atoms with E-state index in [4.69, 9.17) is 23.7 Å². The minimum Gasteiger partial charge on any atom is -0.497 e. The molecule has 0 radical (unpaired) electrons. The fourth-order valence-corrected chi connectivity index (χ4v) is 4.23. The van der Waals surface area contributed by atoms with E-state index in [1.165, 1.54) is 4.90 Å². The first kappa shape index (κ1) is 27.4. The van der Waals surface area contributed by atoms with E-state index in [0.717, 1.165) is 22.3 Å².